The number of alkyl halides is 1. The Morgan fingerprint density at radius 3 is 2.31 bits per heavy atom. The first-order chi connectivity index (χ1) is 31.3. The fraction of sp³-hybridized carbons (Fsp3) is 0.800. The SMILES string of the molecule is CO[C@]1(C)C[C@H](O[C@H]2[C@H](C)[C@@H](O[C@@H]3O[C@H](C)C[C@H](N(C)C)[C@H]3OCCCN(C)Cc3cnc4ccccc4c3)[C@](C)(O)C[C@@H](C)CN(C)[C@H](C)[C@@H](O)[C@](C)(O)[C@@H](I)OC(=O)[C@@H]2C)O[C@@H](C)[C@@H]1O. The topological polar surface area (TPSA) is 185 Å². The fourth-order valence-electron chi connectivity index (χ4n) is 10.5. The Kier molecular flexibility index (Phi) is 19.9. The van der Waals surface area contributed by atoms with E-state index in [0.717, 1.165) is 36.0 Å². The summed E-state index contributed by atoms with van der Waals surface area (Å²) < 4.78 is 44.5. The van der Waals surface area contributed by atoms with Crippen molar-refractivity contribution in [2.75, 3.05) is 55.0 Å². The molecule has 3 aliphatic rings. The van der Waals surface area contributed by atoms with Gasteiger partial charge in [0.1, 0.15) is 23.9 Å². The molecule has 5 rings (SSSR count). The molecule has 18 atom stereocenters. The predicted octanol–water partition coefficient (Wildman–Crippen LogP) is 4.98. The number of hydrogen-bond acceptors (Lipinski definition) is 16. The molecular weight excluding hydrogens is 975 g/mol. The maximum absolute atomic E-state index is 14.4. The molecule has 0 unspecified atom stereocenters. The number of hydrogen-bond donors (Lipinski definition) is 4. The molecule has 0 bridgehead atoms. The van der Waals surface area contributed by atoms with Crippen LogP contribution in [-0.2, 0) is 44.5 Å². The van der Waals surface area contributed by atoms with Crippen LogP contribution in [0.15, 0.2) is 36.5 Å². The van der Waals surface area contributed by atoms with E-state index in [1.807, 2.05) is 101 Å². The third-order valence-electron chi connectivity index (χ3n) is 14.7. The number of benzene rings is 1. The number of halogens is 1. The van der Waals surface area contributed by atoms with E-state index in [1.165, 1.54) is 14.0 Å². The quantitative estimate of drug-likeness (QED) is 0.0911. The molecule has 0 radical (unpaired) electrons. The molecule has 0 aliphatic carbocycles. The van der Waals surface area contributed by atoms with E-state index in [9.17, 15) is 25.2 Å². The molecule has 0 amide bonds. The molecule has 382 valence electrons. The van der Waals surface area contributed by atoms with E-state index in [0.29, 0.717) is 19.6 Å². The highest BCUT2D eigenvalue weighted by Gasteiger charge is 2.53. The van der Waals surface area contributed by atoms with Gasteiger partial charge in [0, 0.05) is 69.4 Å². The Balaban J connectivity index is 1.47. The molecule has 1 aromatic heterocycles. The number of fused-ring (bicyclic) bond motifs is 1. The smallest absolute Gasteiger partial charge is 0.312 e. The van der Waals surface area contributed by atoms with Crippen LogP contribution in [-0.4, -0.2) is 189 Å². The van der Waals surface area contributed by atoms with Crippen molar-refractivity contribution in [3.05, 3.63) is 42.1 Å². The van der Waals surface area contributed by atoms with Crippen molar-refractivity contribution < 1.29 is 58.4 Å². The number of likely N-dealkylation sites (N-methyl/N-ethyl adjacent to an activating group) is 2. The van der Waals surface area contributed by atoms with Crippen molar-refractivity contribution in [3.63, 3.8) is 0 Å². The first kappa shape index (κ1) is 56.2. The van der Waals surface area contributed by atoms with Gasteiger partial charge in [-0.1, -0.05) is 32.0 Å². The van der Waals surface area contributed by atoms with E-state index >= 15 is 0 Å². The number of carbonyl (C=O) groups is 1. The number of ether oxygens (including phenoxy) is 7. The van der Waals surface area contributed by atoms with Crippen molar-refractivity contribution in [2.24, 2.45) is 17.8 Å². The minimum atomic E-state index is -1.83. The molecule has 17 heteroatoms. The maximum atomic E-state index is 14.4. The molecule has 4 heterocycles. The Morgan fingerprint density at radius 1 is 0.955 bits per heavy atom. The number of cyclic esters (lactones) is 1. The first-order valence-electron chi connectivity index (χ1n) is 24.1. The Morgan fingerprint density at radius 2 is 1.64 bits per heavy atom. The summed E-state index contributed by atoms with van der Waals surface area (Å²) in [5.41, 5.74) is -2.31. The van der Waals surface area contributed by atoms with Crippen LogP contribution in [0, 0.1) is 17.8 Å². The van der Waals surface area contributed by atoms with Crippen molar-refractivity contribution >= 4 is 39.5 Å². The summed E-state index contributed by atoms with van der Waals surface area (Å²) in [7, 11) is 9.51. The van der Waals surface area contributed by atoms with Gasteiger partial charge in [0.2, 0.25) is 0 Å². The van der Waals surface area contributed by atoms with Gasteiger partial charge in [-0.05, 0) is 142 Å². The molecule has 3 aliphatic heterocycles. The minimum absolute atomic E-state index is 0.0947. The average Bonchev–Trinajstić information content (AvgIpc) is 3.26. The highest BCUT2D eigenvalue weighted by Crippen LogP contribution is 2.41. The Bertz CT molecular complexity index is 1880. The number of para-hydroxylation sites is 1. The molecule has 4 N–H and O–H groups in total. The second-order valence-electron chi connectivity index (χ2n) is 21.1. The zero-order valence-corrected chi connectivity index (χ0v) is 44.7. The van der Waals surface area contributed by atoms with Gasteiger partial charge < -0.3 is 68.3 Å². The average molecular weight is 1060 g/mol. The van der Waals surface area contributed by atoms with Gasteiger partial charge in [0.15, 0.2) is 16.7 Å². The molecule has 3 saturated heterocycles. The summed E-state index contributed by atoms with van der Waals surface area (Å²) in [6, 6.07) is 9.64. The van der Waals surface area contributed by atoms with Gasteiger partial charge >= 0.3 is 5.97 Å². The molecule has 2 aromatic rings. The zero-order valence-electron chi connectivity index (χ0n) is 42.5. The molecule has 0 saturated carbocycles. The van der Waals surface area contributed by atoms with Crippen molar-refractivity contribution in [1.82, 2.24) is 19.7 Å². The molecule has 67 heavy (non-hydrogen) atoms. The van der Waals surface area contributed by atoms with Crippen molar-refractivity contribution in [3.8, 4) is 0 Å². The molecule has 3 fully saturated rings. The number of aliphatic hydroxyl groups excluding tert-OH is 2. The first-order valence-corrected chi connectivity index (χ1v) is 25.4. The van der Waals surface area contributed by atoms with Crippen molar-refractivity contribution in [2.45, 2.75) is 183 Å². The second-order valence-corrected chi connectivity index (χ2v) is 22.2. The number of rotatable bonds is 13. The van der Waals surface area contributed by atoms with Crippen LogP contribution < -0.4 is 0 Å². The van der Waals surface area contributed by atoms with Crippen LogP contribution in [0.3, 0.4) is 0 Å². The van der Waals surface area contributed by atoms with Crippen LogP contribution in [0.2, 0.25) is 0 Å². The lowest BCUT2D eigenvalue weighted by atomic mass is 9.77. The highest BCUT2D eigenvalue weighted by atomic mass is 127. The summed E-state index contributed by atoms with van der Waals surface area (Å²) in [6.45, 7) is 18.5. The Hall–Kier alpha value is -1.69. The van der Waals surface area contributed by atoms with E-state index in [1.54, 1.807) is 27.7 Å². The van der Waals surface area contributed by atoms with Gasteiger partial charge in [-0.15, -0.1) is 0 Å². The van der Waals surface area contributed by atoms with E-state index in [-0.39, 0.29) is 30.9 Å². The normalized spacial score (nSPS) is 41.3. The molecular formula is C50H83IN4O12. The second kappa shape index (κ2) is 23.7. The van der Waals surface area contributed by atoms with E-state index in [2.05, 4.69) is 34.0 Å². The number of aromatic nitrogens is 1. The van der Waals surface area contributed by atoms with Crippen LogP contribution in [0.5, 0.6) is 0 Å². The highest BCUT2D eigenvalue weighted by molar-refractivity contribution is 14.1. The minimum Gasteiger partial charge on any atom is -0.448 e. The maximum Gasteiger partial charge on any atom is 0.312 e. The van der Waals surface area contributed by atoms with Gasteiger partial charge in [0.05, 0.1) is 47.1 Å². The van der Waals surface area contributed by atoms with E-state index in [4.69, 9.17) is 33.2 Å². The third kappa shape index (κ3) is 13.8. The van der Waals surface area contributed by atoms with Gasteiger partial charge in [-0.3, -0.25) is 9.78 Å². The summed E-state index contributed by atoms with van der Waals surface area (Å²) in [4.78, 5) is 25.4. The number of nitrogens with zero attached hydrogens (tertiary/aromatic N) is 4. The number of carbonyl (C=O) groups excluding carboxylic acids is 1. The summed E-state index contributed by atoms with van der Waals surface area (Å²) in [6.07, 6.45) is -3.86. The molecule has 0 spiro atoms. The van der Waals surface area contributed by atoms with E-state index < -0.39 is 94.0 Å². The fourth-order valence-corrected chi connectivity index (χ4v) is 11.1. The molecule has 1 aromatic carbocycles. The lowest BCUT2D eigenvalue weighted by Gasteiger charge is -2.49. The largest absolute Gasteiger partial charge is 0.448 e. The third-order valence-corrected chi connectivity index (χ3v) is 16.2. The lowest BCUT2D eigenvalue weighted by Crippen LogP contribution is -2.61. The predicted molar refractivity (Wildman–Crippen MR) is 264 cm³/mol. The number of methoxy groups -OCH3 is 1. The standard InChI is InChI=1S/C50H83IN4O12/c1-29-24-48(7,59)44(66-46-41(38(53(10)11)22-30(2)63-46)62-21-17-20-54(12)28-35-23-36-18-15-16-19-37(36)52-26-35)31(3)40(65-39-25-49(8,61-14)43(57)34(6)64-39)32(4)45(58)67-47(51)50(9,60)42(56)33(5)55(13)27-29/h15-16,18-19,23,26,29-34,38-44,46-47,56-57,59-60H,17,20-22,24-25,27-28H2,1-14H3/t29-,30-,31+,32-,33-,34+,38+,39+,40+,41-,42-,43+,44-,46+,47+,48-,49-,50+/m1/s1. The zero-order chi connectivity index (χ0) is 49.8. The number of esters is 1. The van der Waals surface area contributed by atoms with Crippen molar-refractivity contribution in [1.29, 1.82) is 0 Å². The number of pyridine rings is 1. The number of aliphatic hydroxyl groups is 4. The molecule has 16 nitrogen and oxygen atoms in total. The summed E-state index contributed by atoms with van der Waals surface area (Å²) >= 11 is 1.86. The van der Waals surface area contributed by atoms with Gasteiger partial charge in [-0.25, -0.2) is 0 Å². The lowest BCUT2D eigenvalue weighted by molar-refractivity contribution is -0.321. The van der Waals surface area contributed by atoms with Crippen LogP contribution in [0.1, 0.15) is 93.6 Å². The Labute approximate surface area is 413 Å². The van der Waals surface area contributed by atoms with Crippen LogP contribution in [0.25, 0.3) is 10.9 Å². The van der Waals surface area contributed by atoms with Crippen LogP contribution >= 0.6 is 22.6 Å². The van der Waals surface area contributed by atoms with Crippen LogP contribution in [0.4, 0.5) is 0 Å². The monoisotopic (exact) mass is 1060 g/mol. The van der Waals surface area contributed by atoms with Gasteiger partial charge in [-0.2, -0.15) is 0 Å². The summed E-state index contributed by atoms with van der Waals surface area (Å²) in [5, 5.41) is 48.4. The summed E-state index contributed by atoms with van der Waals surface area (Å²) in [5.74, 6) is -2.58. The van der Waals surface area contributed by atoms with Gasteiger partial charge in [0.25, 0.3) is 0 Å².